The van der Waals surface area contributed by atoms with Crippen molar-refractivity contribution in [3.05, 3.63) is 51.7 Å². The first-order valence-electron chi connectivity index (χ1n) is 6.03. The summed E-state index contributed by atoms with van der Waals surface area (Å²) in [5, 5.41) is 7.53. The van der Waals surface area contributed by atoms with Gasteiger partial charge in [-0.3, -0.25) is 9.59 Å². The highest BCUT2D eigenvalue weighted by molar-refractivity contribution is 7.10. The summed E-state index contributed by atoms with van der Waals surface area (Å²) in [5.41, 5.74) is 7.17. The molecule has 0 unspecified atom stereocenters. The highest BCUT2D eigenvalue weighted by Gasteiger charge is 2.06. The number of amides is 2. The summed E-state index contributed by atoms with van der Waals surface area (Å²) in [7, 11) is 1.60. The van der Waals surface area contributed by atoms with E-state index in [2.05, 4.69) is 10.6 Å². The quantitative estimate of drug-likeness (QED) is 0.785. The van der Waals surface area contributed by atoms with E-state index in [9.17, 15) is 9.59 Å². The summed E-state index contributed by atoms with van der Waals surface area (Å²) >= 11 is 1.47. The van der Waals surface area contributed by atoms with E-state index in [0.717, 1.165) is 10.6 Å². The van der Waals surface area contributed by atoms with E-state index in [4.69, 9.17) is 5.73 Å². The Labute approximate surface area is 120 Å². The van der Waals surface area contributed by atoms with Gasteiger partial charge in [-0.15, -0.1) is 11.3 Å². The molecule has 0 saturated carbocycles. The lowest BCUT2D eigenvalue weighted by Crippen LogP contribution is -2.17. The lowest BCUT2D eigenvalue weighted by Gasteiger charge is -2.06. The van der Waals surface area contributed by atoms with E-state index in [1.807, 2.05) is 12.1 Å². The first kappa shape index (κ1) is 14.1. The van der Waals surface area contributed by atoms with Gasteiger partial charge in [-0.1, -0.05) is 6.07 Å². The Morgan fingerprint density at radius 2 is 2.05 bits per heavy atom. The number of nitrogens with one attached hydrogen (secondary N) is 2. The van der Waals surface area contributed by atoms with Crippen LogP contribution in [0.5, 0.6) is 0 Å². The topological polar surface area (TPSA) is 84.2 Å². The average Bonchev–Trinajstić information content (AvgIpc) is 2.93. The fourth-order valence-corrected chi connectivity index (χ4v) is 2.52. The standard InChI is InChI=1S/C14H15N3O2S/c1-16-14(19)9-3-2-4-11(5-9)17-7-12-6-10(8-20-12)13(15)18/h2-6,8,17H,7H2,1H3,(H2,15,18)(H,16,19). The number of thiophene rings is 1. The van der Waals surface area contributed by atoms with Crippen LogP contribution < -0.4 is 16.4 Å². The maximum absolute atomic E-state index is 11.5. The Balaban J connectivity index is 2.03. The van der Waals surface area contributed by atoms with Crippen LogP contribution in [-0.4, -0.2) is 18.9 Å². The Bertz CT molecular complexity index is 637. The fourth-order valence-electron chi connectivity index (χ4n) is 1.71. The predicted molar refractivity (Wildman–Crippen MR) is 80.0 cm³/mol. The van der Waals surface area contributed by atoms with Gasteiger partial charge in [-0.05, 0) is 24.3 Å². The van der Waals surface area contributed by atoms with Crippen LogP contribution in [0.25, 0.3) is 0 Å². The van der Waals surface area contributed by atoms with Gasteiger partial charge < -0.3 is 16.4 Å². The summed E-state index contributed by atoms with van der Waals surface area (Å²) in [4.78, 5) is 23.5. The van der Waals surface area contributed by atoms with Crippen molar-refractivity contribution in [1.82, 2.24) is 5.32 Å². The molecule has 0 spiro atoms. The smallest absolute Gasteiger partial charge is 0.251 e. The van der Waals surface area contributed by atoms with Gasteiger partial charge in [-0.2, -0.15) is 0 Å². The first-order valence-corrected chi connectivity index (χ1v) is 6.91. The maximum Gasteiger partial charge on any atom is 0.251 e. The second kappa shape index (κ2) is 6.21. The van der Waals surface area contributed by atoms with Crippen LogP contribution in [0.4, 0.5) is 5.69 Å². The molecular weight excluding hydrogens is 274 g/mol. The Kier molecular flexibility index (Phi) is 4.37. The number of nitrogens with two attached hydrogens (primary N) is 1. The second-order valence-electron chi connectivity index (χ2n) is 4.18. The van der Waals surface area contributed by atoms with Crippen LogP contribution in [0.3, 0.4) is 0 Å². The molecule has 104 valence electrons. The molecule has 0 aliphatic carbocycles. The van der Waals surface area contributed by atoms with E-state index in [1.54, 1.807) is 30.6 Å². The van der Waals surface area contributed by atoms with E-state index >= 15 is 0 Å². The molecule has 0 atom stereocenters. The molecular formula is C14H15N3O2S. The summed E-state index contributed by atoms with van der Waals surface area (Å²) in [6.45, 7) is 0.579. The van der Waals surface area contributed by atoms with Crippen molar-refractivity contribution in [2.24, 2.45) is 5.73 Å². The first-order chi connectivity index (χ1) is 9.60. The third-order valence-electron chi connectivity index (χ3n) is 2.76. The molecule has 0 saturated heterocycles. The van der Waals surface area contributed by atoms with Crippen molar-refractivity contribution in [3.63, 3.8) is 0 Å². The summed E-state index contributed by atoms with van der Waals surface area (Å²) in [6, 6.07) is 9.00. The summed E-state index contributed by atoms with van der Waals surface area (Å²) in [6.07, 6.45) is 0. The molecule has 0 fully saturated rings. The normalized spacial score (nSPS) is 10.1. The van der Waals surface area contributed by atoms with Crippen molar-refractivity contribution in [1.29, 1.82) is 0 Å². The monoisotopic (exact) mass is 289 g/mol. The molecule has 2 aromatic rings. The fraction of sp³-hybridized carbons (Fsp3) is 0.143. The third-order valence-corrected chi connectivity index (χ3v) is 3.69. The Morgan fingerprint density at radius 1 is 1.25 bits per heavy atom. The molecule has 0 radical (unpaired) electrons. The molecule has 20 heavy (non-hydrogen) atoms. The number of hydrogen-bond acceptors (Lipinski definition) is 4. The Hall–Kier alpha value is -2.34. The number of primary amides is 1. The van der Waals surface area contributed by atoms with Gasteiger partial charge >= 0.3 is 0 Å². The summed E-state index contributed by atoms with van der Waals surface area (Å²) in [5.74, 6) is -0.546. The van der Waals surface area contributed by atoms with Crippen molar-refractivity contribution < 1.29 is 9.59 Å². The SMILES string of the molecule is CNC(=O)c1cccc(NCc2cc(C(N)=O)cs2)c1. The zero-order valence-corrected chi connectivity index (χ0v) is 11.8. The van der Waals surface area contributed by atoms with E-state index in [-0.39, 0.29) is 5.91 Å². The van der Waals surface area contributed by atoms with E-state index < -0.39 is 5.91 Å². The third kappa shape index (κ3) is 3.36. The number of carbonyl (C=O) groups is 2. The average molecular weight is 289 g/mol. The van der Waals surface area contributed by atoms with Gasteiger partial charge in [0.2, 0.25) is 5.91 Å². The molecule has 1 aromatic heterocycles. The van der Waals surface area contributed by atoms with Gasteiger partial charge in [0.05, 0.1) is 5.56 Å². The number of rotatable bonds is 5. The van der Waals surface area contributed by atoms with Crippen LogP contribution in [-0.2, 0) is 6.54 Å². The molecule has 0 aliphatic heterocycles. The van der Waals surface area contributed by atoms with Crippen molar-refractivity contribution in [3.8, 4) is 0 Å². The highest BCUT2D eigenvalue weighted by atomic mass is 32.1. The van der Waals surface area contributed by atoms with Crippen molar-refractivity contribution in [2.75, 3.05) is 12.4 Å². The largest absolute Gasteiger partial charge is 0.380 e. The highest BCUT2D eigenvalue weighted by Crippen LogP contribution is 2.17. The molecule has 2 rings (SSSR count). The molecule has 2 amide bonds. The van der Waals surface area contributed by atoms with Crippen LogP contribution in [0.1, 0.15) is 25.6 Å². The molecule has 6 heteroatoms. The minimum absolute atomic E-state index is 0.124. The van der Waals surface area contributed by atoms with Gasteiger partial charge in [0.1, 0.15) is 0 Å². The second-order valence-corrected chi connectivity index (χ2v) is 5.18. The molecule has 1 aromatic carbocycles. The molecule has 0 aliphatic rings. The van der Waals surface area contributed by atoms with Gasteiger partial charge in [0, 0.05) is 35.1 Å². The molecule has 1 heterocycles. The molecule has 4 N–H and O–H groups in total. The molecule has 0 bridgehead atoms. The van der Waals surface area contributed by atoms with Crippen LogP contribution >= 0.6 is 11.3 Å². The number of hydrogen-bond donors (Lipinski definition) is 3. The van der Waals surface area contributed by atoms with Crippen LogP contribution in [0.15, 0.2) is 35.7 Å². The van der Waals surface area contributed by atoms with Crippen molar-refractivity contribution in [2.45, 2.75) is 6.54 Å². The summed E-state index contributed by atoms with van der Waals surface area (Å²) < 4.78 is 0. The van der Waals surface area contributed by atoms with Gasteiger partial charge in [0.25, 0.3) is 5.91 Å². The van der Waals surface area contributed by atoms with E-state index in [1.165, 1.54) is 11.3 Å². The van der Waals surface area contributed by atoms with Crippen LogP contribution in [0.2, 0.25) is 0 Å². The lowest BCUT2D eigenvalue weighted by atomic mass is 10.2. The number of benzene rings is 1. The number of carbonyl (C=O) groups excluding carboxylic acids is 2. The minimum atomic E-state index is -0.422. The maximum atomic E-state index is 11.5. The zero-order chi connectivity index (χ0) is 14.5. The zero-order valence-electron chi connectivity index (χ0n) is 11.0. The van der Waals surface area contributed by atoms with Gasteiger partial charge in [0.15, 0.2) is 0 Å². The number of anilines is 1. The molecule has 5 nitrogen and oxygen atoms in total. The van der Waals surface area contributed by atoms with Crippen LogP contribution in [0, 0.1) is 0 Å². The predicted octanol–water partition coefficient (Wildman–Crippen LogP) is 1.82. The van der Waals surface area contributed by atoms with Crippen molar-refractivity contribution >= 4 is 28.8 Å². The van der Waals surface area contributed by atoms with E-state index in [0.29, 0.717) is 17.7 Å². The lowest BCUT2D eigenvalue weighted by molar-refractivity contribution is 0.0961. The Morgan fingerprint density at radius 3 is 2.70 bits per heavy atom. The minimum Gasteiger partial charge on any atom is -0.380 e. The van der Waals surface area contributed by atoms with Gasteiger partial charge in [-0.25, -0.2) is 0 Å².